The minimum atomic E-state index is -4.97. The molecule has 0 aromatic carbocycles. The zero-order valence-corrected chi connectivity index (χ0v) is 8.26. The third-order valence-corrected chi connectivity index (χ3v) is 2.01. The predicted octanol–water partition coefficient (Wildman–Crippen LogP) is 2.31. The first-order valence-electron chi connectivity index (χ1n) is 4.35. The van der Waals surface area contributed by atoms with Gasteiger partial charge in [0, 0.05) is 6.54 Å². The number of nitrogens with two attached hydrogens (primary N) is 1. The average molecular weight is 254 g/mol. The minimum absolute atomic E-state index is 0.0915. The second kappa shape index (κ2) is 4.74. The first-order chi connectivity index (χ1) is 7.81. The van der Waals surface area contributed by atoms with Gasteiger partial charge in [0.1, 0.15) is 11.4 Å². The smallest absolute Gasteiger partial charge is 0.326 e. The van der Waals surface area contributed by atoms with Crippen molar-refractivity contribution in [2.45, 2.75) is 19.1 Å². The first-order valence-corrected chi connectivity index (χ1v) is 4.35. The Hall–Kier alpha value is -1.57. The van der Waals surface area contributed by atoms with Crippen LogP contribution in [-0.4, -0.2) is 11.3 Å². The highest BCUT2D eigenvalue weighted by Gasteiger charge is 2.37. The lowest BCUT2D eigenvalue weighted by atomic mass is 10.1. The molecule has 3 nitrogen and oxygen atoms in total. The summed E-state index contributed by atoms with van der Waals surface area (Å²) in [5.74, 6) is 0. The van der Waals surface area contributed by atoms with Gasteiger partial charge in [0.2, 0.25) is 0 Å². The van der Waals surface area contributed by atoms with Gasteiger partial charge in [0.25, 0.3) is 6.43 Å². The van der Waals surface area contributed by atoms with E-state index in [4.69, 9.17) is 5.73 Å². The topological polar surface area (TPSA) is 56.0 Å². The van der Waals surface area contributed by atoms with E-state index in [2.05, 4.69) is 4.98 Å². The highest BCUT2D eigenvalue weighted by atomic mass is 19.4. The number of aromatic nitrogens is 1. The number of rotatable bonds is 3. The largest absolute Gasteiger partial charge is 0.418 e. The van der Waals surface area contributed by atoms with E-state index in [-0.39, 0.29) is 11.8 Å². The zero-order chi connectivity index (χ0) is 13.2. The van der Waals surface area contributed by atoms with Gasteiger partial charge in [-0.1, -0.05) is 0 Å². The maximum absolute atomic E-state index is 12.5. The molecule has 0 amide bonds. The summed E-state index contributed by atoms with van der Waals surface area (Å²) in [5.41, 5.74) is 1.35. The van der Waals surface area contributed by atoms with Crippen LogP contribution in [0.25, 0.3) is 0 Å². The van der Waals surface area contributed by atoms with Gasteiger partial charge in [-0.25, -0.2) is 13.8 Å². The molecule has 94 valence electrons. The van der Waals surface area contributed by atoms with Crippen LogP contribution in [0.5, 0.6) is 0 Å². The third kappa shape index (κ3) is 2.76. The lowest BCUT2D eigenvalue weighted by molar-refractivity contribution is -0.140. The summed E-state index contributed by atoms with van der Waals surface area (Å²) in [6.45, 7) is -0.395. The van der Waals surface area contributed by atoms with Crippen molar-refractivity contribution in [3.63, 3.8) is 0 Å². The minimum Gasteiger partial charge on any atom is -0.326 e. The predicted molar refractivity (Wildman–Crippen MR) is 47.5 cm³/mol. The first kappa shape index (κ1) is 13.5. The van der Waals surface area contributed by atoms with Crippen LogP contribution >= 0.6 is 0 Å². The fourth-order valence-corrected chi connectivity index (χ4v) is 1.24. The molecule has 0 radical (unpaired) electrons. The fourth-order valence-electron chi connectivity index (χ4n) is 1.24. The van der Waals surface area contributed by atoms with E-state index < -0.39 is 36.1 Å². The Morgan fingerprint density at radius 2 is 2.00 bits per heavy atom. The Morgan fingerprint density at radius 3 is 2.35 bits per heavy atom. The zero-order valence-electron chi connectivity index (χ0n) is 8.26. The molecule has 0 aliphatic carbocycles. The SMILES string of the molecule is NCc1cc(C(F)(F)F)c(C(F)F)nc1C=O. The lowest BCUT2D eigenvalue weighted by Gasteiger charge is -2.14. The number of hydrogen-bond donors (Lipinski definition) is 1. The van der Waals surface area contributed by atoms with Gasteiger partial charge in [0.15, 0.2) is 6.29 Å². The van der Waals surface area contributed by atoms with E-state index in [9.17, 15) is 26.7 Å². The molecular weight excluding hydrogens is 247 g/mol. The number of nitrogens with zero attached hydrogens (tertiary/aromatic N) is 1. The van der Waals surface area contributed by atoms with Gasteiger partial charge in [-0.15, -0.1) is 0 Å². The van der Waals surface area contributed by atoms with Crippen molar-refractivity contribution >= 4 is 6.29 Å². The van der Waals surface area contributed by atoms with Crippen LogP contribution in [0.15, 0.2) is 6.07 Å². The molecule has 8 heteroatoms. The fraction of sp³-hybridized carbons (Fsp3) is 0.333. The van der Waals surface area contributed by atoms with Crippen LogP contribution in [0.2, 0.25) is 0 Å². The van der Waals surface area contributed by atoms with E-state index in [0.717, 1.165) is 0 Å². The molecule has 0 unspecified atom stereocenters. The van der Waals surface area contributed by atoms with Crippen molar-refractivity contribution in [1.29, 1.82) is 0 Å². The standard InChI is InChI=1S/C9H7F5N2O/c10-8(11)7-5(9(12,13)14)1-4(2-15)6(3-17)16-7/h1,3,8H,2,15H2. The number of aldehydes is 1. The highest BCUT2D eigenvalue weighted by Crippen LogP contribution is 2.36. The maximum atomic E-state index is 12.5. The molecule has 0 saturated carbocycles. The van der Waals surface area contributed by atoms with Crippen molar-refractivity contribution in [1.82, 2.24) is 4.98 Å². The summed E-state index contributed by atoms with van der Waals surface area (Å²) in [6.07, 6.45) is -8.30. The molecule has 1 heterocycles. The lowest BCUT2D eigenvalue weighted by Crippen LogP contribution is -2.15. The third-order valence-electron chi connectivity index (χ3n) is 2.01. The molecule has 0 bridgehead atoms. The van der Waals surface area contributed by atoms with Gasteiger partial charge < -0.3 is 5.73 Å². The summed E-state index contributed by atoms with van der Waals surface area (Å²) in [4.78, 5) is 13.5. The molecule has 0 atom stereocenters. The summed E-state index contributed by atoms with van der Waals surface area (Å²) >= 11 is 0. The van der Waals surface area contributed by atoms with Crippen LogP contribution < -0.4 is 5.73 Å². The van der Waals surface area contributed by atoms with Gasteiger partial charge in [-0.05, 0) is 11.6 Å². The van der Waals surface area contributed by atoms with Crippen molar-refractivity contribution < 1.29 is 26.7 Å². The number of alkyl halides is 5. The molecule has 0 fully saturated rings. The van der Waals surface area contributed by atoms with E-state index in [1.165, 1.54) is 0 Å². The Morgan fingerprint density at radius 1 is 1.41 bits per heavy atom. The van der Waals surface area contributed by atoms with Crippen LogP contribution in [0.1, 0.15) is 33.7 Å². The number of carbonyl (C=O) groups is 1. The van der Waals surface area contributed by atoms with E-state index in [0.29, 0.717) is 6.07 Å². The molecule has 2 N–H and O–H groups in total. The Balaban J connectivity index is 3.51. The van der Waals surface area contributed by atoms with E-state index in [1.54, 1.807) is 0 Å². The number of halogens is 5. The van der Waals surface area contributed by atoms with Gasteiger partial charge in [-0.2, -0.15) is 13.2 Å². The Bertz CT molecular complexity index is 430. The monoisotopic (exact) mass is 254 g/mol. The van der Waals surface area contributed by atoms with E-state index >= 15 is 0 Å². The summed E-state index contributed by atoms with van der Waals surface area (Å²) in [6, 6.07) is 0.429. The van der Waals surface area contributed by atoms with Gasteiger partial charge >= 0.3 is 6.18 Å². The molecule has 1 aromatic heterocycles. The summed E-state index contributed by atoms with van der Waals surface area (Å²) < 4.78 is 62.2. The number of pyridine rings is 1. The van der Waals surface area contributed by atoms with Crippen molar-refractivity contribution in [3.05, 3.63) is 28.6 Å². The van der Waals surface area contributed by atoms with Crippen molar-refractivity contribution in [2.24, 2.45) is 5.73 Å². The molecule has 17 heavy (non-hydrogen) atoms. The summed E-state index contributed by atoms with van der Waals surface area (Å²) in [5, 5.41) is 0. The molecule has 0 aliphatic heterocycles. The van der Waals surface area contributed by atoms with Crippen molar-refractivity contribution in [3.8, 4) is 0 Å². The molecule has 0 spiro atoms. The summed E-state index contributed by atoms with van der Waals surface area (Å²) in [7, 11) is 0. The number of carbonyl (C=O) groups excluding carboxylic acids is 1. The average Bonchev–Trinajstić information content (AvgIpc) is 2.25. The van der Waals surface area contributed by atoms with Crippen LogP contribution in [0.3, 0.4) is 0 Å². The highest BCUT2D eigenvalue weighted by molar-refractivity contribution is 5.74. The second-order valence-electron chi connectivity index (χ2n) is 3.09. The van der Waals surface area contributed by atoms with Crippen LogP contribution in [0, 0.1) is 0 Å². The quantitative estimate of drug-likeness (QED) is 0.665. The van der Waals surface area contributed by atoms with Crippen LogP contribution in [0.4, 0.5) is 22.0 Å². The van der Waals surface area contributed by atoms with Crippen LogP contribution in [-0.2, 0) is 12.7 Å². The molecule has 1 aromatic rings. The molecule has 0 saturated heterocycles. The van der Waals surface area contributed by atoms with Gasteiger partial charge in [-0.3, -0.25) is 4.79 Å². The maximum Gasteiger partial charge on any atom is 0.418 e. The van der Waals surface area contributed by atoms with E-state index in [1.807, 2.05) is 0 Å². The molecular formula is C9H7F5N2O. The molecule has 0 aliphatic rings. The second-order valence-corrected chi connectivity index (χ2v) is 3.09. The molecule has 1 rings (SSSR count). The Labute approximate surface area is 92.4 Å². The van der Waals surface area contributed by atoms with Gasteiger partial charge in [0.05, 0.1) is 5.56 Å². The normalized spacial score (nSPS) is 11.9. The van der Waals surface area contributed by atoms with Crippen molar-refractivity contribution in [2.75, 3.05) is 0 Å². The Kier molecular flexibility index (Phi) is 3.76. The number of hydrogen-bond acceptors (Lipinski definition) is 3.